The molecule has 0 N–H and O–H groups in total. The molecule has 0 saturated heterocycles. The lowest BCUT2D eigenvalue weighted by molar-refractivity contribution is -0.299. The van der Waals surface area contributed by atoms with Crippen molar-refractivity contribution >= 4 is 16.1 Å². The number of carbonyl (C=O) groups excluding carboxylic acids is 1. The predicted molar refractivity (Wildman–Crippen MR) is 89.5 cm³/mol. The number of ether oxygens (including phenoxy) is 1. The van der Waals surface area contributed by atoms with Gasteiger partial charge in [-0.1, -0.05) is 6.58 Å². The SMILES string of the molecule is C=C(C)C(=O)OC1(C)C2CC3CC1CC(C(C(F)(F)F)C(F)(F)S(=O)(=O)[O-])(C3)C2. The second-order valence-electron chi connectivity index (χ2n) is 9.05. The molecule has 0 aromatic rings. The molecule has 29 heavy (non-hydrogen) atoms. The fraction of sp³-hybridized carbons (Fsp3) is 0.833. The van der Waals surface area contributed by atoms with Crippen LogP contribution in [0.2, 0.25) is 0 Å². The highest BCUT2D eigenvalue weighted by molar-refractivity contribution is 7.86. The van der Waals surface area contributed by atoms with Gasteiger partial charge in [0.2, 0.25) is 0 Å². The number of carbonyl (C=O) groups is 1. The Morgan fingerprint density at radius 2 is 1.62 bits per heavy atom. The van der Waals surface area contributed by atoms with Crippen LogP contribution in [0.25, 0.3) is 0 Å². The summed E-state index contributed by atoms with van der Waals surface area (Å²) in [4.78, 5) is 12.1. The van der Waals surface area contributed by atoms with Gasteiger partial charge in [0.05, 0.1) is 0 Å². The van der Waals surface area contributed by atoms with Crippen LogP contribution >= 0.6 is 0 Å². The maximum absolute atomic E-state index is 14.4. The molecule has 5 nitrogen and oxygen atoms in total. The predicted octanol–water partition coefficient (Wildman–Crippen LogP) is 4.01. The quantitative estimate of drug-likeness (QED) is 0.276. The molecule has 0 aromatic heterocycles. The van der Waals surface area contributed by atoms with Crippen LogP contribution in [0.5, 0.6) is 0 Å². The van der Waals surface area contributed by atoms with Crippen molar-refractivity contribution in [3.05, 3.63) is 12.2 Å². The molecular weight excluding hydrogens is 423 g/mol. The molecule has 4 fully saturated rings. The molecule has 0 radical (unpaired) electrons. The zero-order valence-corrected chi connectivity index (χ0v) is 16.7. The molecule has 4 rings (SSSR count). The lowest BCUT2D eigenvalue weighted by Gasteiger charge is -2.65. The van der Waals surface area contributed by atoms with Crippen molar-refractivity contribution in [1.29, 1.82) is 0 Å². The molecule has 0 aliphatic heterocycles. The number of hydrogen-bond donors (Lipinski definition) is 0. The van der Waals surface area contributed by atoms with Crippen LogP contribution in [0, 0.1) is 29.1 Å². The van der Waals surface area contributed by atoms with Gasteiger partial charge in [-0.25, -0.2) is 13.2 Å². The van der Waals surface area contributed by atoms with Crippen LogP contribution < -0.4 is 0 Å². The molecular formula is C18H22F5O5S-. The molecule has 11 heteroatoms. The van der Waals surface area contributed by atoms with Gasteiger partial charge in [-0.2, -0.15) is 22.0 Å². The molecule has 0 amide bonds. The third kappa shape index (κ3) is 3.37. The summed E-state index contributed by atoms with van der Waals surface area (Å²) in [5, 5.41) is -5.48. The highest BCUT2D eigenvalue weighted by Gasteiger charge is 2.74. The van der Waals surface area contributed by atoms with E-state index in [0.717, 1.165) is 0 Å². The van der Waals surface area contributed by atoms with Crippen LogP contribution in [0.15, 0.2) is 12.2 Å². The number of esters is 1. The van der Waals surface area contributed by atoms with Crippen molar-refractivity contribution < 1.29 is 44.5 Å². The second-order valence-corrected chi connectivity index (χ2v) is 10.5. The van der Waals surface area contributed by atoms with E-state index in [-0.39, 0.29) is 17.9 Å². The van der Waals surface area contributed by atoms with Gasteiger partial charge < -0.3 is 9.29 Å². The van der Waals surface area contributed by atoms with Gasteiger partial charge in [0.25, 0.3) is 0 Å². The van der Waals surface area contributed by atoms with E-state index in [4.69, 9.17) is 4.74 Å². The Kier molecular flexibility index (Phi) is 4.94. The van der Waals surface area contributed by atoms with Crippen molar-refractivity contribution in [2.75, 3.05) is 0 Å². The average molecular weight is 445 g/mol. The summed E-state index contributed by atoms with van der Waals surface area (Å²) >= 11 is 0. The zero-order chi connectivity index (χ0) is 22.2. The first-order valence-corrected chi connectivity index (χ1v) is 10.6. The number of hydrogen-bond acceptors (Lipinski definition) is 5. The lowest BCUT2D eigenvalue weighted by Crippen LogP contribution is -2.66. The first-order chi connectivity index (χ1) is 12.9. The molecule has 166 valence electrons. The summed E-state index contributed by atoms with van der Waals surface area (Å²) in [7, 11) is -6.54. The highest BCUT2D eigenvalue weighted by atomic mass is 32.2. The second kappa shape index (κ2) is 6.38. The van der Waals surface area contributed by atoms with Gasteiger partial charge in [-0.3, -0.25) is 0 Å². The van der Waals surface area contributed by atoms with E-state index in [1.807, 2.05) is 0 Å². The Labute approximate surface area is 165 Å². The number of alkyl halides is 5. The zero-order valence-electron chi connectivity index (χ0n) is 15.9. The van der Waals surface area contributed by atoms with Gasteiger partial charge in [0.15, 0.2) is 10.1 Å². The van der Waals surface area contributed by atoms with Gasteiger partial charge >= 0.3 is 17.4 Å². The van der Waals surface area contributed by atoms with Crippen LogP contribution in [-0.2, 0) is 19.6 Å². The monoisotopic (exact) mass is 445 g/mol. The van der Waals surface area contributed by atoms with Crippen molar-refractivity contribution in [2.45, 2.75) is 63.0 Å². The maximum atomic E-state index is 14.4. The van der Waals surface area contributed by atoms with E-state index in [0.29, 0.717) is 12.8 Å². The summed E-state index contributed by atoms with van der Waals surface area (Å²) in [6.07, 6.45) is -5.83. The minimum Gasteiger partial charge on any atom is -0.743 e. The molecule has 3 atom stereocenters. The van der Waals surface area contributed by atoms with Gasteiger partial charge in [0, 0.05) is 5.57 Å². The smallest absolute Gasteiger partial charge is 0.399 e. The molecule has 0 heterocycles. The topological polar surface area (TPSA) is 83.5 Å². The fourth-order valence-electron chi connectivity index (χ4n) is 6.09. The minimum atomic E-state index is -6.54. The largest absolute Gasteiger partial charge is 0.743 e. The highest BCUT2D eigenvalue weighted by Crippen LogP contribution is 2.70. The Bertz CT molecular complexity index is 818. The first kappa shape index (κ1) is 22.5. The molecule has 4 aliphatic carbocycles. The molecule has 3 unspecified atom stereocenters. The third-order valence-corrected chi connectivity index (χ3v) is 8.03. The lowest BCUT2D eigenvalue weighted by atomic mass is 9.42. The summed E-state index contributed by atoms with van der Waals surface area (Å²) in [6, 6.07) is 0. The molecule has 4 aliphatic rings. The van der Waals surface area contributed by atoms with Crippen LogP contribution in [0.3, 0.4) is 0 Å². The molecule has 4 bridgehead atoms. The number of rotatable bonds is 5. The Balaban J connectivity index is 2.04. The molecule has 0 spiro atoms. The molecule has 4 saturated carbocycles. The van der Waals surface area contributed by atoms with Crippen molar-refractivity contribution in [3.63, 3.8) is 0 Å². The summed E-state index contributed by atoms with van der Waals surface area (Å²) < 4.78 is 109. The van der Waals surface area contributed by atoms with Crippen LogP contribution in [-0.4, -0.2) is 36.0 Å². The summed E-state index contributed by atoms with van der Waals surface area (Å²) in [6.45, 7) is 6.48. The van der Waals surface area contributed by atoms with Crippen LogP contribution in [0.4, 0.5) is 22.0 Å². The summed E-state index contributed by atoms with van der Waals surface area (Å²) in [5.41, 5.74) is -3.14. The Morgan fingerprint density at radius 1 is 1.14 bits per heavy atom. The maximum Gasteiger partial charge on any atom is 0.399 e. The van der Waals surface area contributed by atoms with Crippen molar-refractivity contribution in [1.82, 2.24) is 0 Å². The first-order valence-electron chi connectivity index (χ1n) is 9.23. The normalized spacial score (nSPS) is 38.0. The average Bonchev–Trinajstić information content (AvgIpc) is 2.48. The van der Waals surface area contributed by atoms with E-state index >= 15 is 0 Å². The van der Waals surface area contributed by atoms with Gasteiger partial charge in [0.1, 0.15) is 11.5 Å². The van der Waals surface area contributed by atoms with E-state index < -0.39 is 69.1 Å². The Hall–Kier alpha value is -1.23. The van der Waals surface area contributed by atoms with Crippen molar-refractivity contribution in [2.24, 2.45) is 29.1 Å². The van der Waals surface area contributed by atoms with Gasteiger partial charge in [-0.15, -0.1) is 0 Å². The van der Waals surface area contributed by atoms with Gasteiger partial charge in [-0.05, 0) is 69.1 Å². The van der Waals surface area contributed by atoms with E-state index in [1.165, 1.54) is 6.92 Å². The standard InChI is InChI=1S/C18H23F5O5S/c1-9(2)13(24)28-15(3)11-4-10-5-12(15)8-16(6-10,7-11)14(17(19,20)21)18(22,23)29(25,26)27/h10-12,14H,1,4-8H2,2-3H3,(H,25,26,27)/p-1. The van der Waals surface area contributed by atoms with E-state index in [1.54, 1.807) is 6.92 Å². The van der Waals surface area contributed by atoms with E-state index in [2.05, 4.69) is 6.58 Å². The van der Waals surface area contributed by atoms with E-state index in [9.17, 15) is 39.7 Å². The number of halogens is 5. The Morgan fingerprint density at radius 3 is 2.00 bits per heavy atom. The van der Waals surface area contributed by atoms with Crippen LogP contribution in [0.1, 0.15) is 46.0 Å². The third-order valence-electron chi connectivity index (χ3n) is 7.13. The molecule has 0 aromatic carbocycles. The minimum absolute atomic E-state index is 0.104. The fourth-order valence-corrected chi connectivity index (χ4v) is 6.77. The summed E-state index contributed by atoms with van der Waals surface area (Å²) in [5.74, 6) is -5.94. The van der Waals surface area contributed by atoms with Crippen molar-refractivity contribution in [3.8, 4) is 0 Å².